The molecule has 0 heterocycles. The van der Waals surface area contributed by atoms with Gasteiger partial charge in [-0.3, -0.25) is 4.79 Å². The van der Waals surface area contributed by atoms with Gasteiger partial charge in [-0.2, -0.15) is 0 Å². The summed E-state index contributed by atoms with van der Waals surface area (Å²) in [6.07, 6.45) is 4.02. The van der Waals surface area contributed by atoms with Crippen LogP contribution in [0.3, 0.4) is 0 Å². The summed E-state index contributed by atoms with van der Waals surface area (Å²) in [6.45, 7) is 0. The summed E-state index contributed by atoms with van der Waals surface area (Å²) >= 11 is 6.07. The van der Waals surface area contributed by atoms with Crippen LogP contribution in [0.2, 0.25) is 0 Å². The number of halogens is 1. The van der Waals surface area contributed by atoms with Gasteiger partial charge in [0.1, 0.15) is 17.1 Å². The lowest BCUT2D eigenvalue weighted by Crippen LogP contribution is -2.48. The van der Waals surface area contributed by atoms with Crippen LogP contribution in [0.25, 0.3) is 0 Å². The van der Waals surface area contributed by atoms with Crippen LogP contribution in [0, 0.1) is 0 Å². The second-order valence-corrected chi connectivity index (χ2v) is 5.38. The highest BCUT2D eigenvalue weighted by molar-refractivity contribution is 6.19. The second-order valence-electron chi connectivity index (χ2n) is 5.11. The Hall–Kier alpha value is -1.42. The molecule has 0 spiro atoms. The zero-order chi connectivity index (χ0) is 14.6. The summed E-state index contributed by atoms with van der Waals surface area (Å²) in [6, 6.07) is 5.29. The van der Waals surface area contributed by atoms with Gasteiger partial charge in [0, 0.05) is 5.88 Å². The Bertz CT molecular complexity index is 462. The molecule has 1 N–H and O–H groups in total. The standard InChI is InChI=1S/C15H20ClNO3/c1-19-11-6-5-7-12(20-2)13(11)14(18)17-15(10-16)8-3-4-9-15/h5-7H,3-4,8-10H2,1-2H3,(H,17,18). The molecule has 1 saturated carbocycles. The molecule has 0 aliphatic heterocycles. The molecule has 0 radical (unpaired) electrons. The highest BCUT2D eigenvalue weighted by atomic mass is 35.5. The molecule has 0 unspecified atom stereocenters. The van der Waals surface area contributed by atoms with Crippen molar-refractivity contribution in [3.63, 3.8) is 0 Å². The van der Waals surface area contributed by atoms with E-state index in [0.29, 0.717) is 22.9 Å². The number of methoxy groups -OCH3 is 2. The number of ether oxygens (including phenoxy) is 2. The summed E-state index contributed by atoms with van der Waals surface area (Å²) < 4.78 is 10.5. The molecule has 1 fully saturated rings. The van der Waals surface area contributed by atoms with Gasteiger partial charge in [-0.05, 0) is 25.0 Å². The number of hydrogen-bond acceptors (Lipinski definition) is 3. The van der Waals surface area contributed by atoms with Crippen molar-refractivity contribution in [3.8, 4) is 11.5 Å². The third kappa shape index (κ3) is 2.85. The monoisotopic (exact) mass is 297 g/mol. The third-order valence-corrected chi connectivity index (χ3v) is 4.36. The van der Waals surface area contributed by atoms with E-state index in [-0.39, 0.29) is 11.4 Å². The number of carbonyl (C=O) groups excluding carboxylic acids is 1. The summed E-state index contributed by atoms with van der Waals surface area (Å²) in [4.78, 5) is 12.6. The zero-order valence-corrected chi connectivity index (χ0v) is 12.6. The molecule has 0 aromatic heterocycles. The maximum atomic E-state index is 12.6. The van der Waals surface area contributed by atoms with Crippen molar-refractivity contribution in [3.05, 3.63) is 23.8 Å². The van der Waals surface area contributed by atoms with E-state index in [4.69, 9.17) is 21.1 Å². The van der Waals surface area contributed by atoms with Crippen molar-refractivity contribution in [1.29, 1.82) is 0 Å². The van der Waals surface area contributed by atoms with Gasteiger partial charge in [-0.1, -0.05) is 18.9 Å². The predicted octanol–water partition coefficient (Wildman–Crippen LogP) is 2.99. The zero-order valence-electron chi connectivity index (χ0n) is 11.9. The lowest BCUT2D eigenvalue weighted by atomic mass is 9.99. The first kappa shape index (κ1) is 15.0. The van der Waals surface area contributed by atoms with Crippen LogP contribution >= 0.6 is 11.6 Å². The van der Waals surface area contributed by atoms with Crippen molar-refractivity contribution in [2.75, 3.05) is 20.1 Å². The van der Waals surface area contributed by atoms with Gasteiger partial charge in [0.25, 0.3) is 5.91 Å². The molecule has 2 rings (SSSR count). The summed E-state index contributed by atoms with van der Waals surface area (Å²) in [5.41, 5.74) is 0.124. The molecule has 4 nitrogen and oxygen atoms in total. The predicted molar refractivity (Wildman–Crippen MR) is 78.9 cm³/mol. The molecule has 1 aromatic rings. The fraction of sp³-hybridized carbons (Fsp3) is 0.533. The van der Waals surface area contributed by atoms with Crippen molar-refractivity contribution in [2.24, 2.45) is 0 Å². The van der Waals surface area contributed by atoms with Gasteiger partial charge in [0.15, 0.2) is 0 Å². The fourth-order valence-electron chi connectivity index (χ4n) is 2.72. The SMILES string of the molecule is COc1cccc(OC)c1C(=O)NC1(CCl)CCCC1. The van der Waals surface area contributed by atoms with Crippen LogP contribution in [0.1, 0.15) is 36.0 Å². The summed E-state index contributed by atoms with van der Waals surface area (Å²) in [5, 5.41) is 3.08. The quantitative estimate of drug-likeness (QED) is 0.850. The molecule has 1 aromatic carbocycles. The fourth-order valence-corrected chi connectivity index (χ4v) is 3.06. The van der Waals surface area contributed by atoms with E-state index in [0.717, 1.165) is 25.7 Å². The van der Waals surface area contributed by atoms with Gasteiger partial charge in [-0.15, -0.1) is 11.6 Å². The lowest BCUT2D eigenvalue weighted by molar-refractivity contribution is 0.0903. The molecular weight excluding hydrogens is 278 g/mol. The van der Waals surface area contributed by atoms with Gasteiger partial charge < -0.3 is 14.8 Å². The first-order chi connectivity index (χ1) is 9.65. The van der Waals surface area contributed by atoms with E-state index >= 15 is 0 Å². The molecule has 0 bridgehead atoms. The van der Waals surface area contributed by atoms with E-state index in [2.05, 4.69) is 5.32 Å². The van der Waals surface area contributed by atoms with E-state index in [9.17, 15) is 4.79 Å². The van der Waals surface area contributed by atoms with E-state index in [1.807, 2.05) is 0 Å². The van der Waals surface area contributed by atoms with Crippen molar-refractivity contribution in [1.82, 2.24) is 5.32 Å². The minimum atomic E-state index is -0.301. The maximum Gasteiger partial charge on any atom is 0.259 e. The van der Waals surface area contributed by atoms with Crippen molar-refractivity contribution < 1.29 is 14.3 Å². The lowest BCUT2D eigenvalue weighted by Gasteiger charge is -2.28. The average Bonchev–Trinajstić information content (AvgIpc) is 2.95. The topological polar surface area (TPSA) is 47.6 Å². The van der Waals surface area contributed by atoms with Crippen LogP contribution in [-0.4, -0.2) is 31.5 Å². The second kappa shape index (κ2) is 6.35. The number of alkyl halides is 1. The molecule has 5 heteroatoms. The van der Waals surface area contributed by atoms with Gasteiger partial charge in [0.05, 0.1) is 19.8 Å². The van der Waals surface area contributed by atoms with Gasteiger partial charge >= 0.3 is 0 Å². The number of nitrogens with one attached hydrogen (secondary N) is 1. The molecular formula is C15H20ClNO3. The first-order valence-electron chi connectivity index (χ1n) is 6.75. The van der Waals surface area contributed by atoms with Gasteiger partial charge in [0.2, 0.25) is 0 Å². The maximum absolute atomic E-state index is 12.6. The Morgan fingerprint density at radius 3 is 2.25 bits per heavy atom. The van der Waals surface area contributed by atoms with Crippen LogP contribution in [0.15, 0.2) is 18.2 Å². The van der Waals surface area contributed by atoms with E-state index in [1.165, 1.54) is 0 Å². The smallest absolute Gasteiger partial charge is 0.259 e. The Kier molecular flexibility index (Phi) is 4.76. The van der Waals surface area contributed by atoms with E-state index in [1.54, 1.807) is 32.4 Å². The van der Waals surface area contributed by atoms with Crippen molar-refractivity contribution in [2.45, 2.75) is 31.2 Å². The number of benzene rings is 1. The highest BCUT2D eigenvalue weighted by Gasteiger charge is 2.35. The number of hydrogen-bond donors (Lipinski definition) is 1. The number of rotatable bonds is 5. The number of carbonyl (C=O) groups is 1. The highest BCUT2D eigenvalue weighted by Crippen LogP contribution is 2.33. The molecule has 1 aliphatic carbocycles. The van der Waals surface area contributed by atoms with Crippen LogP contribution in [-0.2, 0) is 0 Å². The average molecular weight is 298 g/mol. The molecule has 20 heavy (non-hydrogen) atoms. The third-order valence-electron chi connectivity index (χ3n) is 3.85. The first-order valence-corrected chi connectivity index (χ1v) is 7.29. The molecule has 1 aliphatic rings. The minimum Gasteiger partial charge on any atom is -0.496 e. The molecule has 0 atom stereocenters. The van der Waals surface area contributed by atoms with Crippen molar-refractivity contribution >= 4 is 17.5 Å². The Morgan fingerprint density at radius 1 is 1.25 bits per heavy atom. The Morgan fingerprint density at radius 2 is 1.80 bits per heavy atom. The van der Waals surface area contributed by atoms with Crippen LogP contribution < -0.4 is 14.8 Å². The molecule has 0 saturated heterocycles. The number of amides is 1. The molecule has 110 valence electrons. The van der Waals surface area contributed by atoms with Crippen LogP contribution in [0.5, 0.6) is 11.5 Å². The van der Waals surface area contributed by atoms with Gasteiger partial charge in [-0.25, -0.2) is 0 Å². The Labute approximate surface area is 124 Å². The summed E-state index contributed by atoms with van der Waals surface area (Å²) in [5.74, 6) is 1.24. The largest absolute Gasteiger partial charge is 0.496 e. The molecule has 1 amide bonds. The van der Waals surface area contributed by atoms with E-state index < -0.39 is 0 Å². The van der Waals surface area contributed by atoms with Crippen LogP contribution in [0.4, 0.5) is 0 Å². The minimum absolute atomic E-state index is 0.193. The summed E-state index contributed by atoms with van der Waals surface area (Å²) in [7, 11) is 3.08. The normalized spacial score (nSPS) is 16.8. The Balaban J connectivity index is 2.28.